The van der Waals surface area contributed by atoms with Crippen LogP contribution in [0, 0.1) is 0 Å². The van der Waals surface area contributed by atoms with E-state index in [-0.39, 0.29) is 12.0 Å². The van der Waals surface area contributed by atoms with Gasteiger partial charge in [0.15, 0.2) is 0 Å². The Kier molecular flexibility index (Phi) is 5.20. The first kappa shape index (κ1) is 16.1. The Bertz CT molecular complexity index is 580. The molecular weight excluding hydrogens is 282 g/mol. The van der Waals surface area contributed by atoms with Gasteiger partial charge in [-0.15, -0.1) is 0 Å². The van der Waals surface area contributed by atoms with Crippen LogP contribution in [0.2, 0.25) is 0 Å². The van der Waals surface area contributed by atoms with Gasteiger partial charge in [-0.05, 0) is 50.5 Å². The summed E-state index contributed by atoms with van der Waals surface area (Å²) in [7, 11) is 0. The van der Waals surface area contributed by atoms with E-state index in [2.05, 4.69) is 0 Å². The first-order valence-electron chi connectivity index (χ1n) is 7.45. The zero-order chi connectivity index (χ0) is 16.1. The van der Waals surface area contributed by atoms with E-state index in [1.807, 2.05) is 38.1 Å². The van der Waals surface area contributed by atoms with Crippen molar-refractivity contribution in [2.45, 2.75) is 38.8 Å². The van der Waals surface area contributed by atoms with Crippen molar-refractivity contribution in [3.05, 3.63) is 35.9 Å². The summed E-state index contributed by atoms with van der Waals surface area (Å²) >= 11 is 0. The van der Waals surface area contributed by atoms with E-state index in [1.165, 1.54) is 11.0 Å². The zero-order valence-corrected chi connectivity index (χ0v) is 12.9. The number of rotatable bonds is 5. The molecule has 118 valence electrons. The third-order valence-electron chi connectivity index (χ3n) is 3.47. The van der Waals surface area contributed by atoms with Crippen LogP contribution >= 0.6 is 0 Å². The SMILES string of the molecule is CC(C)Oc1cccc(/C=C/C(=O)N2CCCC2C(=O)O)c1. The average Bonchev–Trinajstić information content (AvgIpc) is 2.94. The Labute approximate surface area is 130 Å². The third-order valence-corrected chi connectivity index (χ3v) is 3.47. The molecule has 1 aliphatic heterocycles. The maximum atomic E-state index is 12.1. The van der Waals surface area contributed by atoms with E-state index in [4.69, 9.17) is 9.84 Å². The molecule has 0 saturated carbocycles. The van der Waals surface area contributed by atoms with E-state index >= 15 is 0 Å². The van der Waals surface area contributed by atoms with Crippen molar-refractivity contribution in [3.8, 4) is 5.75 Å². The highest BCUT2D eigenvalue weighted by Crippen LogP contribution is 2.19. The molecule has 1 unspecified atom stereocenters. The molecule has 2 rings (SSSR count). The monoisotopic (exact) mass is 303 g/mol. The molecular formula is C17H21NO4. The predicted octanol–water partition coefficient (Wildman–Crippen LogP) is 2.56. The standard InChI is InChI=1S/C17H21NO4/c1-12(2)22-14-6-3-5-13(11-14)8-9-16(19)18-10-4-7-15(18)17(20)21/h3,5-6,8-9,11-12,15H,4,7,10H2,1-2H3,(H,20,21)/b9-8+. The Balaban J connectivity index is 2.05. The lowest BCUT2D eigenvalue weighted by Crippen LogP contribution is -2.39. The number of hydrogen-bond acceptors (Lipinski definition) is 3. The van der Waals surface area contributed by atoms with Crippen molar-refractivity contribution in [2.24, 2.45) is 0 Å². The molecule has 1 N–H and O–H groups in total. The molecule has 0 radical (unpaired) electrons. The molecule has 1 aromatic rings. The van der Waals surface area contributed by atoms with Gasteiger partial charge in [-0.2, -0.15) is 0 Å². The Morgan fingerprint density at radius 2 is 2.18 bits per heavy atom. The van der Waals surface area contributed by atoms with Crippen LogP contribution in [-0.4, -0.2) is 40.6 Å². The maximum absolute atomic E-state index is 12.1. The molecule has 1 saturated heterocycles. The minimum atomic E-state index is -0.938. The third kappa shape index (κ3) is 4.10. The maximum Gasteiger partial charge on any atom is 0.326 e. The number of carbonyl (C=O) groups is 2. The van der Waals surface area contributed by atoms with Gasteiger partial charge in [0, 0.05) is 12.6 Å². The van der Waals surface area contributed by atoms with Crippen molar-refractivity contribution in [1.82, 2.24) is 4.90 Å². The number of amides is 1. The van der Waals surface area contributed by atoms with Gasteiger partial charge in [0.25, 0.3) is 0 Å². The number of nitrogens with zero attached hydrogens (tertiary/aromatic N) is 1. The predicted molar refractivity (Wildman–Crippen MR) is 83.6 cm³/mol. The molecule has 0 aromatic heterocycles. The lowest BCUT2D eigenvalue weighted by molar-refractivity contribution is -0.146. The molecule has 1 fully saturated rings. The molecule has 1 amide bonds. The fourth-order valence-corrected chi connectivity index (χ4v) is 2.51. The summed E-state index contributed by atoms with van der Waals surface area (Å²) in [6.45, 7) is 4.40. The average molecular weight is 303 g/mol. The Morgan fingerprint density at radius 3 is 2.86 bits per heavy atom. The number of carboxylic acid groups (broad SMARTS) is 1. The first-order valence-corrected chi connectivity index (χ1v) is 7.45. The highest BCUT2D eigenvalue weighted by Gasteiger charge is 2.32. The number of aliphatic carboxylic acids is 1. The topological polar surface area (TPSA) is 66.8 Å². The smallest absolute Gasteiger partial charge is 0.326 e. The summed E-state index contributed by atoms with van der Waals surface area (Å²) in [4.78, 5) is 24.7. The van der Waals surface area contributed by atoms with Crippen molar-refractivity contribution in [3.63, 3.8) is 0 Å². The van der Waals surface area contributed by atoms with Crippen molar-refractivity contribution in [2.75, 3.05) is 6.54 Å². The molecule has 0 spiro atoms. The Hall–Kier alpha value is -2.30. The van der Waals surface area contributed by atoms with Crippen LogP contribution in [0.1, 0.15) is 32.3 Å². The molecule has 1 aromatic carbocycles. The van der Waals surface area contributed by atoms with Gasteiger partial charge < -0.3 is 14.7 Å². The van der Waals surface area contributed by atoms with E-state index in [9.17, 15) is 9.59 Å². The number of ether oxygens (including phenoxy) is 1. The first-order chi connectivity index (χ1) is 10.5. The molecule has 22 heavy (non-hydrogen) atoms. The lowest BCUT2D eigenvalue weighted by Gasteiger charge is -2.19. The van der Waals surface area contributed by atoms with Gasteiger partial charge in [0.1, 0.15) is 11.8 Å². The van der Waals surface area contributed by atoms with Crippen molar-refractivity contribution in [1.29, 1.82) is 0 Å². The Morgan fingerprint density at radius 1 is 1.41 bits per heavy atom. The van der Waals surface area contributed by atoms with Gasteiger partial charge in [-0.1, -0.05) is 12.1 Å². The quantitative estimate of drug-likeness (QED) is 0.849. The van der Waals surface area contributed by atoms with Gasteiger partial charge in [0.2, 0.25) is 5.91 Å². The largest absolute Gasteiger partial charge is 0.491 e. The van der Waals surface area contributed by atoms with E-state index in [0.717, 1.165) is 17.7 Å². The van der Waals surface area contributed by atoms with E-state index in [1.54, 1.807) is 6.08 Å². The second-order valence-corrected chi connectivity index (χ2v) is 5.60. The van der Waals surface area contributed by atoms with Gasteiger partial charge in [0.05, 0.1) is 6.10 Å². The van der Waals surface area contributed by atoms with E-state index in [0.29, 0.717) is 13.0 Å². The van der Waals surface area contributed by atoms with Crippen LogP contribution in [0.15, 0.2) is 30.3 Å². The molecule has 0 aliphatic carbocycles. The summed E-state index contributed by atoms with van der Waals surface area (Å²) in [6, 6.07) is 6.74. The van der Waals surface area contributed by atoms with Crippen LogP contribution in [-0.2, 0) is 9.59 Å². The summed E-state index contributed by atoms with van der Waals surface area (Å²) in [5.74, 6) is -0.458. The fraction of sp³-hybridized carbons (Fsp3) is 0.412. The number of benzene rings is 1. The van der Waals surface area contributed by atoms with E-state index < -0.39 is 12.0 Å². The lowest BCUT2D eigenvalue weighted by atomic mass is 10.2. The summed E-state index contributed by atoms with van der Waals surface area (Å²) in [5, 5.41) is 9.10. The second-order valence-electron chi connectivity index (χ2n) is 5.60. The number of likely N-dealkylation sites (tertiary alicyclic amines) is 1. The van der Waals surface area contributed by atoms with Gasteiger partial charge in [-0.3, -0.25) is 4.79 Å². The van der Waals surface area contributed by atoms with Crippen LogP contribution in [0.3, 0.4) is 0 Å². The second kappa shape index (κ2) is 7.11. The number of carboxylic acids is 1. The number of carbonyl (C=O) groups excluding carboxylic acids is 1. The highest BCUT2D eigenvalue weighted by molar-refractivity contribution is 5.94. The molecule has 5 nitrogen and oxygen atoms in total. The summed E-state index contributed by atoms with van der Waals surface area (Å²) in [6.07, 6.45) is 4.45. The van der Waals surface area contributed by atoms with Crippen LogP contribution in [0.5, 0.6) is 5.75 Å². The van der Waals surface area contributed by atoms with Crippen LogP contribution in [0.4, 0.5) is 0 Å². The van der Waals surface area contributed by atoms with Gasteiger partial charge in [-0.25, -0.2) is 4.79 Å². The normalized spacial score (nSPS) is 18.1. The molecule has 1 heterocycles. The zero-order valence-electron chi connectivity index (χ0n) is 12.9. The molecule has 0 bridgehead atoms. The van der Waals surface area contributed by atoms with Crippen LogP contribution in [0.25, 0.3) is 6.08 Å². The fourth-order valence-electron chi connectivity index (χ4n) is 2.51. The van der Waals surface area contributed by atoms with Gasteiger partial charge >= 0.3 is 5.97 Å². The minimum absolute atomic E-state index is 0.0850. The number of hydrogen-bond donors (Lipinski definition) is 1. The highest BCUT2D eigenvalue weighted by atomic mass is 16.5. The summed E-state index contributed by atoms with van der Waals surface area (Å²) in [5.41, 5.74) is 0.845. The molecule has 5 heteroatoms. The minimum Gasteiger partial charge on any atom is -0.491 e. The molecule has 1 atom stereocenters. The van der Waals surface area contributed by atoms with Crippen molar-refractivity contribution < 1.29 is 19.4 Å². The summed E-state index contributed by atoms with van der Waals surface area (Å²) < 4.78 is 5.60. The van der Waals surface area contributed by atoms with Crippen molar-refractivity contribution >= 4 is 18.0 Å². The van der Waals surface area contributed by atoms with Crippen LogP contribution < -0.4 is 4.74 Å². The molecule has 1 aliphatic rings.